The first kappa shape index (κ1) is 20.0. The van der Waals surface area contributed by atoms with E-state index in [0.29, 0.717) is 17.5 Å². The molecule has 7 nitrogen and oxygen atoms in total. The number of halogens is 2. The van der Waals surface area contributed by atoms with E-state index in [0.717, 1.165) is 13.0 Å². The van der Waals surface area contributed by atoms with Crippen LogP contribution in [0.3, 0.4) is 0 Å². The van der Waals surface area contributed by atoms with Crippen molar-refractivity contribution in [2.75, 3.05) is 20.2 Å². The second kappa shape index (κ2) is 8.08. The number of hydrogen-bond acceptors (Lipinski definition) is 7. The maximum Gasteiger partial charge on any atom is 0.317 e. The molecular formula is C18H24ClFN4O3. The summed E-state index contributed by atoms with van der Waals surface area (Å²) in [7, 11) is 1.92. The van der Waals surface area contributed by atoms with Crippen molar-refractivity contribution in [1.82, 2.24) is 19.9 Å². The van der Waals surface area contributed by atoms with E-state index in [-0.39, 0.29) is 41.3 Å². The fourth-order valence-electron chi connectivity index (χ4n) is 3.06. The van der Waals surface area contributed by atoms with E-state index in [9.17, 15) is 9.50 Å². The summed E-state index contributed by atoms with van der Waals surface area (Å²) < 4.78 is 26.0. The predicted molar refractivity (Wildman–Crippen MR) is 100.0 cm³/mol. The Morgan fingerprint density at radius 1 is 1.37 bits per heavy atom. The van der Waals surface area contributed by atoms with Gasteiger partial charge in [0.05, 0.1) is 29.3 Å². The third-order valence-corrected chi connectivity index (χ3v) is 5.18. The van der Waals surface area contributed by atoms with Gasteiger partial charge in [-0.2, -0.15) is 15.0 Å². The van der Waals surface area contributed by atoms with Gasteiger partial charge in [0, 0.05) is 6.54 Å². The van der Waals surface area contributed by atoms with E-state index in [1.807, 2.05) is 25.8 Å². The number of aliphatic hydroxyl groups excluding tert-OH is 1. The minimum Gasteiger partial charge on any atom is -0.474 e. The molecule has 1 aliphatic rings. The van der Waals surface area contributed by atoms with Crippen LogP contribution in [0.25, 0.3) is 10.9 Å². The summed E-state index contributed by atoms with van der Waals surface area (Å²) in [5, 5.41) is 10.1. The summed E-state index contributed by atoms with van der Waals surface area (Å²) in [6.45, 7) is 6.58. The van der Waals surface area contributed by atoms with Crippen LogP contribution in [0.1, 0.15) is 32.4 Å². The maximum atomic E-state index is 14.6. The van der Waals surface area contributed by atoms with Crippen LogP contribution in [0.15, 0.2) is 0 Å². The van der Waals surface area contributed by atoms with Crippen LogP contribution in [0.5, 0.6) is 11.9 Å². The highest BCUT2D eigenvalue weighted by molar-refractivity contribution is 6.30. The number of hydrogen-bond donors (Lipinski definition) is 1. The minimum atomic E-state index is -0.739. The maximum absolute atomic E-state index is 14.6. The molecule has 3 heterocycles. The Kier molecular flexibility index (Phi) is 5.98. The van der Waals surface area contributed by atoms with Gasteiger partial charge in [-0.3, -0.25) is 4.90 Å². The molecule has 3 unspecified atom stereocenters. The molecule has 0 radical (unpaired) electrons. The van der Waals surface area contributed by atoms with Gasteiger partial charge >= 0.3 is 6.01 Å². The molecule has 0 saturated carbocycles. The van der Waals surface area contributed by atoms with Crippen LogP contribution in [0, 0.1) is 12.7 Å². The highest BCUT2D eigenvalue weighted by Gasteiger charge is 2.31. The summed E-state index contributed by atoms with van der Waals surface area (Å²) in [4.78, 5) is 14.5. The zero-order chi connectivity index (χ0) is 19.7. The average Bonchev–Trinajstić information content (AvgIpc) is 2.95. The number of nitrogens with zero attached hydrogens (tertiary/aromatic N) is 4. The lowest BCUT2D eigenvalue weighted by atomic mass is 10.2. The lowest BCUT2D eigenvalue weighted by molar-refractivity contribution is 0.0869. The average molecular weight is 399 g/mol. The molecule has 0 aromatic carbocycles. The number of aryl methyl sites for hydroxylation is 1. The van der Waals surface area contributed by atoms with Crippen molar-refractivity contribution >= 4 is 22.5 Å². The molecule has 0 bridgehead atoms. The standard InChI is InChI=1S/C18H24ClFN4O3/c1-5-9(2)27-17-13-10(3)21-18(22-15(13)14(20)16(19)23-17)26-8-11-12(25)6-7-24(11)4/h9,11-12,25H,5-8H2,1-4H3. The Hall–Kier alpha value is -1.77. The zero-order valence-corrected chi connectivity index (χ0v) is 16.6. The molecule has 3 rings (SSSR count). The first-order valence-electron chi connectivity index (χ1n) is 9.02. The summed E-state index contributed by atoms with van der Waals surface area (Å²) in [6, 6.07) is -0.122. The number of ether oxygens (including phenoxy) is 2. The third-order valence-electron chi connectivity index (χ3n) is 4.93. The number of pyridine rings is 1. The molecule has 148 valence electrons. The quantitative estimate of drug-likeness (QED) is 0.749. The SMILES string of the molecule is CCC(C)Oc1nc(Cl)c(F)c2nc(OCC3C(O)CCN3C)nc(C)c12. The lowest BCUT2D eigenvalue weighted by Crippen LogP contribution is -2.37. The molecule has 1 fully saturated rings. The van der Waals surface area contributed by atoms with Gasteiger partial charge in [0.2, 0.25) is 5.88 Å². The van der Waals surface area contributed by atoms with Crippen molar-refractivity contribution in [1.29, 1.82) is 0 Å². The highest BCUT2D eigenvalue weighted by atomic mass is 35.5. The molecular weight excluding hydrogens is 375 g/mol. The Bertz CT molecular complexity index is 828. The Morgan fingerprint density at radius 2 is 2.11 bits per heavy atom. The van der Waals surface area contributed by atoms with Gasteiger partial charge in [0.25, 0.3) is 0 Å². The van der Waals surface area contributed by atoms with Gasteiger partial charge in [0.15, 0.2) is 11.0 Å². The molecule has 27 heavy (non-hydrogen) atoms. The lowest BCUT2D eigenvalue weighted by Gasteiger charge is -2.21. The number of aromatic nitrogens is 3. The molecule has 3 atom stereocenters. The number of aliphatic hydroxyl groups is 1. The molecule has 0 spiro atoms. The van der Waals surface area contributed by atoms with E-state index >= 15 is 0 Å². The smallest absolute Gasteiger partial charge is 0.317 e. The molecule has 2 aromatic rings. The van der Waals surface area contributed by atoms with Crippen molar-refractivity contribution in [3.8, 4) is 11.9 Å². The first-order valence-corrected chi connectivity index (χ1v) is 9.40. The Balaban J connectivity index is 1.94. The third kappa shape index (κ3) is 4.07. The highest BCUT2D eigenvalue weighted by Crippen LogP contribution is 2.32. The van der Waals surface area contributed by atoms with Gasteiger partial charge in [-0.25, -0.2) is 4.39 Å². The van der Waals surface area contributed by atoms with Crippen LogP contribution in [-0.4, -0.2) is 63.4 Å². The molecule has 1 N–H and O–H groups in total. The van der Waals surface area contributed by atoms with Gasteiger partial charge in [-0.15, -0.1) is 0 Å². The van der Waals surface area contributed by atoms with Gasteiger partial charge in [0.1, 0.15) is 12.1 Å². The van der Waals surface area contributed by atoms with E-state index in [2.05, 4.69) is 15.0 Å². The number of likely N-dealkylation sites (tertiary alicyclic amines) is 1. The van der Waals surface area contributed by atoms with Crippen LogP contribution in [0.4, 0.5) is 4.39 Å². The fraction of sp³-hybridized carbons (Fsp3) is 0.611. The number of rotatable bonds is 6. The van der Waals surface area contributed by atoms with Crippen LogP contribution in [-0.2, 0) is 0 Å². The predicted octanol–water partition coefficient (Wildman–Crippen LogP) is 2.75. The molecule has 9 heteroatoms. The summed E-state index contributed by atoms with van der Waals surface area (Å²) in [5.41, 5.74) is 0.493. The normalized spacial score (nSPS) is 21.6. The Morgan fingerprint density at radius 3 is 2.74 bits per heavy atom. The fourth-order valence-corrected chi connectivity index (χ4v) is 3.23. The molecule has 0 amide bonds. The first-order chi connectivity index (χ1) is 12.8. The van der Waals surface area contributed by atoms with E-state index in [1.54, 1.807) is 6.92 Å². The summed E-state index contributed by atoms with van der Waals surface area (Å²) >= 11 is 5.94. The van der Waals surface area contributed by atoms with Crippen LogP contribution < -0.4 is 9.47 Å². The van der Waals surface area contributed by atoms with Crippen molar-refractivity contribution in [2.24, 2.45) is 0 Å². The Labute approximate surface area is 162 Å². The summed E-state index contributed by atoms with van der Waals surface area (Å²) in [5.74, 6) is -0.530. The van der Waals surface area contributed by atoms with Crippen molar-refractivity contribution in [3.05, 3.63) is 16.7 Å². The van der Waals surface area contributed by atoms with Gasteiger partial charge in [-0.05, 0) is 33.7 Å². The van der Waals surface area contributed by atoms with Crippen molar-refractivity contribution < 1.29 is 19.0 Å². The van der Waals surface area contributed by atoms with Gasteiger partial charge in [-0.1, -0.05) is 18.5 Å². The van der Waals surface area contributed by atoms with E-state index in [1.165, 1.54) is 0 Å². The van der Waals surface area contributed by atoms with Gasteiger partial charge < -0.3 is 14.6 Å². The molecule has 1 aliphatic heterocycles. The number of likely N-dealkylation sites (N-methyl/N-ethyl adjacent to an activating group) is 1. The molecule has 0 aliphatic carbocycles. The van der Waals surface area contributed by atoms with E-state index in [4.69, 9.17) is 21.1 Å². The minimum absolute atomic E-state index is 0.0103. The second-order valence-electron chi connectivity index (χ2n) is 6.89. The van der Waals surface area contributed by atoms with Crippen LogP contribution in [0.2, 0.25) is 5.15 Å². The van der Waals surface area contributed by atoms with Crippen LogP contribution >= 0.6 is 11.6 Å². The molecule has 1 saturated heterocycles. The largest absolute Gasteiger partial charge is 0.474 e. The monoisotopic (exact) mass is 398 g/mol. The topological polar surface area (TPSA) is 80.6 Å². The van der Waals surface area contributed by atoms with Crippen molar-refractivity contribution in [2.45, 2.75) is 51.9 Å². The van der Waals surface area contributed by atoms with E-state index < -0.39 is 11.9 Å². The van der Waals surface area contributed by atoms with Crippen molar-refractivity contribution in [3.63, 3.8) is 0 Å². The zero-order valence-electron chi connectivity index (χ0n) is 15.9. The summed E-state index contributed by atoms with van der Waals surface area (Å²) in [6.07, 6.45) is 0.865. The second-order valence-corrected chi connectivity index (χ2v) is 7.25. The number of fused-ring (bicyclic) bond motifs is 1. The molecule has 2 aromatic heterocycles.